The number of aromatic nitrogens is 1. The number of aryl methyl sites for hydroxylation is 1. The van der Waals surface area contributed by atoms with E-state index in [0.717, 1.165) is 39.7 Å². The molecule has 0 saturated carbocycles. The molecule has 0 aliphatic heterocycles. The minimum absolute atomic E-state index is 0.433. The van der Waals surface area contributed by atoms with Crippen LogP contribution in [0.2, 0.25) is 0 Å². The Morgan fingerprint density at radius 3 is 2.55 bits per heavy atom. The Hall–Kier alpha value is -1.46. The Morgan fingerprint density at radius 2 is 2.00 bits per heavy atom. The number of nitrogens with two attached hydrogens (primary N) is 1. The van der Waals surface area contributed by atoms with Crippen LogP contribution in [-0.2, 0) is 6.42 Å². The van der Waals surface area contributed by atoms with Gasteiger partial charge in [-0.1, -0.05) is 25.6 Å². The highest BCUT2D eigenvalue weighted by atomic mass is 32.1. The summed E-state index contributed by atoms with van der Waals surface area (Å²) in [6, 6.07) is 7.95. The quantitative estimate of drug-likeness (QED) is 0.825. The van der Waals surface area contributed by atoms with Crippen LogP contribution in [0.1, 0.15) is 30.8 Å². The van der Waals surface area contributed by atoms with E-state index in [1.807, 2.05) is 31.2 Å². The molecule has 5 heteroatoms. The molecule has 2 N–H and O–H groups in total. The van der Waals surface area contributed by atoms with Crippen LogP contribution in [0.5, 0.6) is 5.75 Å². The van der Waals surface area contributed by atoms with Crippen molar-refractivity contribution in [2.75, 3.05) is 6.61 Å². The van der Waals surface area contributed by atoms with Crippen molar-refractivity contribution in [3.63, 3.8) is 0 Å². The minimum Gasteiger partial charge on any atom is -0.494 e. The fraction of sp³-hybridized carbons (Fsp3) is 0.333. The second kappa shape index (κ2) is 6.81. The number of thiocarbonyl (C=S) groups is 1. The fourth-order valence-electron chi connectivity index (χ4n) is 1.93. The van der Waals surface area contributed by atoms with Crippen LogP contribution in [0.25, 0.3) is 10.6 Å². The summed E-state index contributed by atoms with van der Waals surface area (Å²) in [5, 5.41) is 0.958. The smallest absolute Gasteiger partial charge is 0.124 e. The molecule has 0 bridgehead atoms. The van der Waals surface area contributed by atoms with Crippen molar-refractivity contribution in [2.45, 2.75) is 26.7 Å². The zero-order chi connectivity index (χ0) is 14.5. The maximum absolute atomic E-state index is 5.78. The molecule has 2 rings (SSSR count). The van der Waals surface area contributed by atoms with Crippen molar-refractivity contribution in [1.29, 1.82) is 0 Å². The Morgan fingerprint density at radius 1 is 1.30 bits per heavy atom. The molecule has 0 aliphatic carbocycles. The van der Waals surface area contributed by atoms with Gasteiger partial charge in [0.05, 0.1) is 17.2 Å². The van der Waals surface area contributed by atoms with Gasteiger partial charge in [0.2, 0.25) is 0 Å². The molecule has 0 unspecified atom stereocenters. The summed E-state index contributed by atoms with van der Waals surface area (Å²) in [5.74, 6) is 0.871. The number of thiazole rings is 1. The maximum Gasteiger partial charge on any atom is 0.124 e. The Balaban J connectivity index is 2.32. The summed E-state index contributed by atoms with van der Waals surface area (Å²) >= 11 is 6.67. The average Bonchev–Trinajstić information content (AvgIpc) is 2.85. The number of nitrogens with zero attached hydrogens (tertiary/aromatic N) is 1. The first-order chi connectivity index (χ1) is 9.65. The zero-order valence-electron chi connectivity index (χ0n) is 11.7. The van der Waals surface area contributed by atoms with E-state index >= 15 is 0 Å². The average molecular weight is 306 g/mol. The van der Waals surface area contributed by atoms with E-state index in [2.05, 4.69) is 11.9 Å². The third kappa shape index (κ3) is 3.35. The summed E-state index contributed by atoms with van der Waals surface area (Å²) in [5.41, 5.74) is 7.86. The Bertz CT molecular complexity index is 590. The monoisotopic (exact) mass is 306 g/mol. The van der Waals surface area contributed by atoms with Gasteiger partial charge >= 0.3 is 0 Å². The lowest BCUT2D eigenvalue weighted by molar-refractivity contribution is 0.340. The third-order valence-corrected chi connectivity index (χ3v) is 4.33. The van der Waals surface area contributed by atoms with Gasteiger partial charge in [0.1, 0.15) is 15.7 Å². The van der Waals surface area contributed by atoms with E-state index in [1.165, 1.54) is 0 Å². The molecule has 2 aromatic rings. The van der Waals surface area contributed by atoms with Gasteiger partial charge in [-0.2, -0.15) is 0 Å². The van der Waals surface area contributed by atoms with Gasteiger partial charge < -0.3 is 10.5 Å². The summed E-state index contributed by atoms with van der Waals surface area (Å²) in [6.45, 7) is 4.77. The number of hydrogen-bond donors (Lipinski definition) is 1. The summed E-state index contributed by atoms with van der Waals surface area (Å²) in [7, 11) is 0. The van der Waals surface area contributed by atoms with Crippen LogP contribution in [-0.4, -0.2) is 16.6 Å². The van der Waals surface area contributed by atoms with E-state index in [4.69, 9.17) is 22.7 Å². The molecule has 0 saturated heterocycles. The van der Waals surface area contributed by atoms with E-state index in [-0.39, 0.29) is 0 Å². The highest BCUT2D eigenvalue weighted by Gasteiger charge is 2.14. The molecule has 1 aromatic heterocycles. The van der Waals surface area contributed by atoms with Crippen LogP contribution in [0, 0.1) is 0 Å². The predicted molar refractivity (Wildman–Crippen MR) is 88.6 cm³/mol. The predicted octanol–water partition coefficient (Wildman–Crippen LogP) is 3.80. The van der Waals surface area contributed by atoms with E-state index in [1.54, 1.807) is 11.3 Å². The molecular weight excluding hydrogens is 288 g/mol. The van der Waals surface area contributed by atoms with Gasteiger partial charge in [-0.15, -0.1) is 11.3 Å². The van der Waals surface area contributed by atoms with Crippen LogP contribution in [0.15, 0.2) is 24.3 Å². The number of ether oxygens (including phenoxy) is 1. The van der Waals surface area contributed by atoms with Crippen LogP contribution < -0.4 is 10.5 Å². The number of benzene rings is 1. The lowest BCUT2D eigenvalue weighted by atomic mass is 10.2. The van der Waals surface area contributed by atoms with Gasteiger partial charge in [0.15, 0.2) is 0 Å². The van der Waals surface area contributed by atoms with E-state index < -0.39 is 0 Å². The first-order valence-electron chi connectivity index (χ1n) is 6.68. The van der Waals surface area contributed by atoms with Crippen molar-refractivity contribution >= 4 is 28.5 Å². The highest BCUT2D eigenvalue weighted by molar-refractivity contribution is 7.81. The lowest BCUT2D eigenvalue weighted by Crippen LogP contribution is -2.09. The molecule has 106 valence electrons. The SMILES string of the molecule is CCCc1nc(-c2ccc(OCC)cc2)sc1C(N)=S. The van der Waals surface area contributed by atoms with Crippen molar-refractivity contribution in [1.82, 2.24) is 4.98 Å². The fourth-order valence-corrected chi connectivity index (χ4v) is 3.15. The Kier molecular flexibility index (Phi) is 5.09. The maximum atomic E-state index is 5.78. The molecule has 1 aromatic carbocycles. The van der Waals surface area contributed by atoms with Crippen molar-refractivity contribution in [3.05, 3.63) is 34.8 Å². The van der Waals surface area contributed by atoms with Crippen molar-refractivity contribution < 1.29 is 4.74 Å². The van der Waals surface area contributed by atoms with Crippen LogP contribution in [0.3, 0.4) is 0 Å². The molecule has 0 radical (unpaired) electrons. The standard InChI is InChI=1S/C15H18N2OS2/c1-3-5-12-13(14(16)19)20-15(17-12)10-6-8-11(9-7-10)18-4-2/h6-9H,3-5H2,1-2H3,(H2,16,19). The summed E-state index contributed by atoms with van der Waals surface area (Å²) in [6.07, 6.45) is 1.93. The molecule has 20 heavy (non-hydrogen) atoms. The van der Waals surface area contributed by atoms with Gasteiger partial charge in [0.25, 0.3) is 0 Å². The second-order valence-electron chi connectivity index (χ2n) is 4.37. The molecule has 1 heterocycles. The minimum atomic E-state index is 0.433. The van der Waals surface area contributed by atoms with Crippen molar-refractivity contribution in [3.8, 4) is 16.3 Å². The van der Waals surface area contributed by atoms with Gasteiger partial charge in [-0.25, -0.2) is 4.98 Å². The topological polar surface area (TPSA) is 48.1 Å². The summed E-state index contributed by atoms with van der Waals surface area (Å²) in [4.78, 5) is 6.05. The van der Waals surface area contributed by atoms with E-state index in [0.29, 0.717) is 11.6 Å². The Labute approximate surface area is 128 Å². The molecule has 0 aliphatic rings. The summed E-state index contributed by atoms with van der Waals surface area (Å²) < 4.78 is 5.44. The third-order valence-electron chi connectivity index (χ3n) is 2.82. The molecule has 3 nitrogen and oxygen atoms in total. The highest BCUT2D eigenvalue weighted by Crippen LogP contribution is 2.30. The zero-order valence-corrected chi connectivity index (χ0v) is 13.3. The van der Waals surface area contributed by atoms with Gasteiger partial charge in [-0.05, 0) is 37.6 Å². The molecule has 0 spiro atoms. The lowest BCUT2D eigenvalue weighted by Gasteiger charge is -2.02. The molecular formula is C15H18N2OS2. The second-order valence-corrected chi connectivity index (χ2v) is 5.81. The molecule has 0 atom stereocenters. The first kappa shape index (κ1) is 14.9. The van der Waals surface area contributed by atoms with Crippen molar-refractivity contribution in [2.24, 2.45) is 5.73 Å². The van der Waals surface area contributed by atoms with Gasteiger partial charge in [0, 0.05) is 5.56 Å². The van der Waals surface area contributed by atoms with Crippen LogP contribution >= 0.6 is 23.6 Å². The van der Waals surface area contributed by atoms with Crippen LogP contribution in [0.4, 0.5) is 0 Å². The normalized spacial score (nSPS) is 10.5. The largest absolute Gasteiger partial charge is 0.494 e. The first-order valence-corrected chi connectivity index (χ1v) is 7.90. The number of rotatable bonds is 6. The van der Waals surface area contributed by atoms with Gasteiger partial charge in [-0.3, -0.25) is 0 Å². The van der Waals surface area contributed by atoms with E-state index in [9.17, 15) is 0 Å². The molecule has 0 fully saturated rings. The number of hydrogen-bond acceptors (Lipinski definition) is 4. The molecule has 0 amide bonds.